The van der Waals surface area contributed by atoms with Crippen LogP contribution in [0.1, 0.15) is 63.4 Å². The van der Waals surface area contributed by atoms with Crippen LogP contribution >= 0.6 is 0 Å². The summed E-state index contributed by atoms with van der Waals surface area (Å²) < 4.78 is 0. The summed E-state index contributed by atoms with van der Waals surface area (Å²) in [4.78, 5) is 21.3. The third-order valence-electron chi connectivity index (χ3n) is 6.31. The van der Waals surface area contributed by atoms with E-state index in [9.17, 15) is 4.79 Å². The van der Waals surface area contributed by atoms with Crippen LogP contribution in [0.25, 0.3) is 0 Å². The van der Waals surface area contributed by atoms with Crippen LogP contribution in [0.4, 0.5) is 5.69 Å². The standard InChI is InChI=1S/C23H34N4O/c1-2-24-23(25-14-5-7-18-11-12-18)27-17-19(20-8-3-4-9-21(20)27)13-16-26-15-6-10-22(26)28/h3-4,8-9,18-19H,2,5-7,10-17H2,1H3,(H,24,25). The molecule has 1 aromatic rings. The first-order valence-corrected chi connectivity index (χ1v) is 11.2. The lowest BCUT2D eigenvalue weighted by molar-refractivity contribution is -0.127. The van der Waals surface area contributed by atoms with Crippen molar-refractivity contribution in [2.24, 2.45) is 10.9 Å². The number of aliphatic imine (C=N–C) groups is 1. The number of nitrogens with one attached hydrogen (secondary N) is 1. The number of carbonyl (C=O) groups is 1. The molecule has 152 valence electrons. The van der Waals surface area contributed by atoms with E-state index in [1.165, 1.54) is 36.9 Å². The lowest BCUT2D eigenvalue weighted by atomic mass is 9.98. The molecular weight excluding hydrogens is 348 g/mol. The van der Waals surface area contributed by atoms with Gasteiger partial charge < -0.3 is 15.1 Å². The molecule has 1 aromatic carbocycles. The molecule has 3 aliphatic rings. The zero-order valence-electron chi connectivity index (χ0n) is 17.2. The lowest BCUT2D eigenvalue weighted by Gasteiger charge is -2.23. The number of carbonyl (C=O) groups excluding carboxylic acids is 1. The van der Waals surface area contributed by atoms with E-state index < -0.39 is 0 Å². The highest BCUT2D eigenvalue weighted by atomic mass is 16.2. The molecule has 5 nitrogen and oxygen atoms in total. The first kappa shape index (κ1) is 19.3. The number of fused-ring (bicyclic) bond motifs is 1. The maximum Gasteiger partial charge on any atom is 0.222 e. The largest absolute Gasteiger partial charge is 0.356 e. The van der Waals surface area contributed by atoms with Crippen molar-refractivity contribution in [2.45, 2.75) is 57.8 Å². The van der Waals surface area contributed by atoms with Crippen LogP contribution in [0.5, 0.6) is 0 Å². The molecule has 1 unspecified atom stereocenters. The van der Waals surface area contributed by atoms with Gasteiger partial charge in [0.2, 0.25) is 5.91 Å². The van der Waals surface area contributed by atoms with E-state index in [-0.39, 0.29) is 0 Å². The molecule has 1 atom stereocenters. The number of amides is 1. The molecule has 0 bridgehead atoms. The number of hydrogen-bond donors (Lipinski definition) is 1. The van der Waals surface area contributed by atoms with Gasteiger partial charge in [0.05, 0.1) is 0 Å². The third kappa shape index (κ3) is 4.50. The summed E-state index contributed by atoms with van der Waals surface area (Å²) in [5.74, 6) is 2.78. The van der Waals surface area contributed by atoms with Crippen molar-refractivity contribution >= 4 is 17.6 Å². The van der Waals surface area contributed by atoms with Crippen molar-refractivity contribution < 1.29 is 4.79 Å². The van der Waals surface area contributed by atoms with E-state index in [2.05, 4.69) is 41.4 Å². The van der Waals surface area contributed by atoms with Gasteiger partial charge in [-0.25, -0.2) is 0 Å². The maximum atomic E-state index is 12.0. The van der Waals surface area contributed by atoms with Crippen LogP contribution in [0, 0.1) is 5.92 Å². The zero-order chi connectivity index (χ0) is 19.3. The van der Waals surface area contributed by atoms with Crippen LogP contribution in [-0.4, -0.2) is 49.5 Å². The number of para-hydroxylation sites is 1. The van der Waals surface area contributed by atoms with Crippen molar-refractivity contribution in [2.75, 3.05) is 37.6 Å². The Morgan fingerprint density at radius 3 is 2.86 bits per heavy atom. The van der Waals surface area contributed by atoms with Gasteiger partial charge in [-0.1, -0.05) is 31.0 Å². The predicted molar refractivity (Wildman–Crippen MR) is 115 cm³/mol. The second kappa shape index (κ2) is 8.97. The molecule has 4 rings (SSSR count). The highest BCUT2D eigenvalue weighted by molar-refractivity contribution is 5.98. The molecule has 0 aromatic heterocycles. The van der Waals surface area contributed by atoms with Crippen LogP contribution in [0.2, 0.25) is 0 Å². The Bertz CT molecular complexity index is 712. The predicted octanol–water partition coefficient (Wildman–Crippen LogP) is 3.76. The first-order chi connectivity index (χ1) is 13.8. The molecule has 2 fully saturated rings. The molecule has 2 heterocycles. The summed E-state index contributed by atoms with van der Waals surface area (Å²) in [6.07, 6.45) is 8.13. The Balaban J connectivity index is 1.43. The molecule has 1 N–H and O–H groups in total. The molecule has 28 heavy (non-hydrogen) atoms. The smallest absolute Gasteiger partial charge is 0.222 e. The molecule has 1 saturated heterocycles. The number of rotatable bonds is 8. The summed E-state index contributed by atoms with van der Waals surface area (Å²) in [6, 6.07) is 8.72. The summed E-state index contributed by atoms with van der Waals surface area (Å²) in [7, 11) is 0. The van der Waals surface area contributed by atoms with E-state index in [0.717, 1.165) is 63.9 Å². The monoisotopic (exact) mass is 382 g/mol. The van der Waals surface area contributed by atoms with E-state index in [1.807, 2.05) is 4.90 Å². The Hall–Kier alpha value is -2.04. The average Bonchev–Trinajstić information content (AvgIpc) is 3.34. The molecular formula is C23H34N4O. The zero-order valence-corrected chi connectivity index (χ0v) is 17.2. The van der Waals surface area contributed by atoms with E-state index >= 15 is 0 Å². The van der Waals surface area contributed by atoms with Gasteiger partial charge in [0, 0.05) is 50.7 Å². The molecule has 5 heteroatoms. The third-order valence-corrected chi connectivity index (χ3v) is 6.31. The molecule has 0 radical (unpaired) electrons. The van der Waals surface area contributed by atoms with Crippen molar-refractivity contribution in [3.05, 3.63) is 29.8 Å². The number of likely N-dealkylation sites (tertiary alicyclic amines) is 1. The SMILES string of the molecule is CCNC(=NCCCC1CC1)N1CC(CCN2CCCC2=O)c2ccccc21. The van der Waals surface area contributed by atoms with Gasteiger partial charge in [0.15, 0.2) is 5.96 Å². The summed E-state index contributed by atoms with van der Waals surface area (Å²) in [5.41, 5.74) is 2.68. The minimum absolute atomic E-state index is 0.328. The van der Waals surface area contributed by atoms with Gasteiger partial charge >= 0.3 is 0 Å². The summed E-state index contributed by atoms with van der Waals surface area (Å²) in [6.45, 7) is 6.69. The molecule has 2 aliphatic heterocycles. The van der Waals surface area contributed by atoms with E-state index in [1.54, 1.807) is 0 Å². The Morgan fingerprint density at radius 1 is 1.25 bits per heavy atom. The lowest BCUT2D eigenvalue weighted by Crippen LogP contribution is -2.41. The molecule has 1 amide bonds. The van der Waals surface area contributed by atoms with E-state index in [0.29, 0.717) is 11.8 Å². The number of guanidine groups is 1. The Labute approximate surface area is 169 Å². The van der Waals surface area contributed by atoms with Crippen molar-refractivity contribution in [1.29, 1.82) is 0 Å². The van der Waals surface area contributed by atoms with Gasteiger partial charge in [-0.2, -0.15) is 0 Å². The fraction of sp³-hybridized carbons (Fsp3) is 0.652. The number of nitrogens with zero attached hydrogens (tertiary/aromatic N) is 3. The minimum Gasteiger partial charge on any atom is -0.356 e. The van der Waals surface area contributed by atoms with Crippen LogP contribution in [0.15, 0.2) is 29.3 Å². The topological polar surface area (TPSA) is 47.9 Å². The quantitative estimate of drug-likeness (QED) is 0.423. The van der Waals surface area contributed by atoms with Crippen LogP contribution < -0.4 is 10.2 Å². The number of benzene rings is 1. The average molecular weight is 383 g/mol. The second-order valence-electron chi connectivity index (χ2n) is 8.46. The summed E-state index contributed by atoms with van der Waals surface area (Å²) in [5, 5.41) is 3.51. The summed E-state index contributed by atoms with van der Waals surface area (Å²) >= 11 is 0. The van der Waals surface area contributed by atoms with Crippen molar-refractivity contribution in [3.63, 3.8) is 0 Å². The number of anilines is 1. The molecule has 1 aliphatic carbocycles. The Morgan fingerprint density at radius 2 is 2.11 bits per heavy atom. The maximum absolute atomic E-state index is 12.0. The van der Waals surface area contributed by atoms with E-state index in [4.69, 9.17) is 4.99 Å². The normalized spacial score (nSPS) is 22.1. The van der Waals surface area contributed by atoms with Gasteiger partial charge in [-0.05, 0) is 50.2 Å². The minimum atomic E-state index is 0.328. The molecule has 0 spiro atoms. The van der Waals surface area contributed by atoms with Crippen molar-refractivity contribution in [1.82, 2.24) is 10.2 Å². The van der Waals surface area contributed by atoms with Crippen LogP contribution in [0.3, 0.4) is 0 Å². The van der Waals surface area contributed by atoms with Gasteiger partial charge in [0.1, 0.15) is 0 Å². The highest BCUT2D eigenvalue weighted by Crippen LogP contribution is 2.38. The fourth-order valence-electron chi connectivity index (χ4n) is 4.56. The van der Waals surface area contributed by atoms with Crippen molar-refractivity contribution in [3.8, 4) is 0 Å². The Kier molecular flexibility index (Phi) is 6.18. The van der Waals surface area contributed by atoms with Crippen LogP contribution in [-0.2, 0) is 4.79 Å². The first-order valence-electron chi connectivity index (χ1n) is 11.2. The van der Waals surface area contributed by atoms with Gasteiger partial charge in [-0.15, -0.1) is 0 Å². The fourth-order valence-corrected chi connectivity index (χ4v) is 4.56. The number of hydrogen-bond acceptors (Lipinski definition) is 2. The van der Waals surface area contributed by atoms with Gasteiger partial charge in [-0.3, -0.25) is 9.79 Å². The second-order valence-corrected chi connectivity index (χ2v) is 8.46. The van der Waals surface area contributed by atoms with Gasteiger partial charge in [0.25, 0.3) is 0 Å². The highest BCUT2D eigenvalue weighted by Gasteiger charge is 2.32. The molecule has 1 saturated carbocycles.